The van der Waals surface area contributed by atoms with E-state index in [1.54, 1.807) is 6.20 Å². The molecule has 0 spiro atoms. The van der Waals surface area contributed by atoms with E-state index in [0.29, 0.717) is 0 Å². The molecule has 0 fully saturated rings. The molecule has 0 aliphatic rings. The molecule has 1 N–H and O–H groups in total. The maximum atomic E-state index is 9.56. The van der Waals surface area contributed by atoms with Crippen molar-refractivity contribution in [3.8, 4) is 6.07 Å². The van der Waals surface area contributed by atoms with Crippen molar-refractivity contribution in [3.63, 3.8) is 0 Å². The fourth-order valence-electron chi connectivity index (χ4n) is 2.58. The molecule has 1 unspecified atom stereocenters. The number of rotatable bonds is 2. The predicted octanol–water partition coefficient (Wildman–Crippen LogP) is 2.87. The molecule has 0 aliphatic heterocycles. The molecule has 1 aromatic carbocycles. The van der Waals surface area contributed by atoms with Crippen molar-refractivity contribution in [2.75, 3.05) is 0 Å². The SMILES string of the molecule is Cc1[nH]c2ccccc2c1C(C#N)c1nccn1C. The van der Waals surface area contributed by atoms with E-state index >= 15 is 0 Å². The lowest BCUT2D eigenvalue weighted by Crippen LogP contribution is -2.06. The van der Waals surface area contributed by atoms with E-state index in [-0.39, 0.29) is 5.92 Å². The lowest BCUT2D eigenvalue weighted by Gasteiger charge is -2.10. The average Bonchev–Trinajstić information content (AvgIpc) is 2.96. The summed E-state index contributed by atoms with van der Waals surface area (Å²) in [5, 5.41) is 10.7. The molecule has 3 aromatic rings. The normalized spacial score (nSPS) is 12.5. The molecular formula is C15H14N4. The molecule has 0 bridgehead atoms. The van der Waals surface area contributed by atoms with E-state index in [2.05, 4.69) is 16.0 Å². The fourth-order valence-corrected chi connectivity index (χ4v) is 2.58. The maximum absolute atomic E-state index is 9.56. The van der Waals surface area contributed by atoms with Crippen molar-refractivity contribution in [1.29, 1.82) is 5.26 Å². The van der Waals surface area contributed by atoms with Crippen LogP contribution in [0.25, 0.3) is 10.9 Å². The number of aromatic amines is 1. The summed E-state index contributed by atoms with van der Waals surface area (Å²) in [5.74, 6) is 0.423. The van der Waals surface area contributed by atoms with Crippen molar-refractivity contribution in [1.82, 2.24) is 14.5 Å². The van der Waals surface area contributed by atoms with E-state index in [1.165, 1.54) is 0 Å². The Kier molecular flexibility index (Phi) is 2.60. The van der Waals surface area contributed by atoms with Gasteiger partial charge in [0, 0.05) is 41.6 Å². The number of para-hydroxylation sites is 1. The van der Waals surface area contributed by atoms with E-state index in [0.717, 1.165) is 28.0 Å². The van der Waals surface area contributed by atoms with E-state index in [1.807, 2.05) is 49.0 Å². The molecule has 4 heteroatoms. The summed E-state index contributed by atoms with van der Waals surface area (Å²) in [6, 6.07) is 10.4. The molecule has 1 atom stereocenters. The topological polar surface area (TPSA) is 57.4 Å². The number of aryl methyl sites for hydroxylation is 2. The highest BCUT2D eigenvalue weighted by molar-refractivity contribution is 5.86. The molecule has 4 nitrogen and oxygen atoms in total. The first kappa shape index (κ1) is 11.5. The molecule has 2 heterocycles. The van der Waals surface area contributed by atoms with E-state index in [4.69, 9.17) is 0 Å². The molecule has 0 amide bonds. The molecular weight excluding hydrogens is 236 g/mol. The Balaban J connectivity index is 2.26. The first-order chi connectivity index (χ1) is 9.22. The number of H-pyrrole nitrogens is 1. The molecule has 2 aromatic heterocycles. The summed E-state index contributed by atoms with van der Waals surface area (Å²) in [6.45, 7) is 2.00. The third-order valence-electron chi connectivity index (χ3n) is 3.48. The van der Waals surface area contributed by atoms with Crippen LogP contribution < -0.4 is 0 Å². The van der Waals surface area contributed by atoms with Gasteiger partial charge in [-0.05, 0) is 13.0 Å². The Labute approximate surface area is 111 Å². The smallest absolute Gasteiger partial charge is 0.131 e. The van der Waals surface area contributed by atoms with E-state index in [9.17, 15) is 5.26 Å². The van der Waals surface area contributed by atoms with Crippen LogP contribution in [0.4, 0.5) is 0 Å². The third-order valence-corrected chi connectivity index (χ3v) is 3.48. The maximum Gasteiger partial charge on any atom is 0.131 e. The number of imidazole rings is 1. The number of nitrogens with one attached hydrogen (secondary N) is 1. The van der Waals surface area contributed by atoms with Crippen molar-refractivity contribution in [2.45, 2.75) is 12.8 Å². The van der Waals surface area contributed by atoms with Gasteiger partial charge < -0.3 is 9.55 Å². The summed E-state index contributed by atoms with van der Waals surface area (Å²) >= 11 is 0. The van der Waals surface area contributed by atoms with Crippen LogP contribution in [-0.2, 0) is 7.05 Å². The number of hydrogen-bond acceptors (Lipinski definition) is 2. The average molecular weight is 250 g/mol. The van der Waals surface area contributed by atoms with Crippen molar-refractivity contribution in [3.05, 3.63) is 53.7 Å². The van der Waals surface area contributed by atoms with Gasteiger partial charge in [0.1, 0.15) is 11.7 Å². The third kappa shape index (κ3) is 1.71. The van der Waals surface area contributed by atoms with Gasteiger partial charge in [-0.2, -0.15) is 5.26 Å². The lowest BCUT2D eigenvalue weighted by atomic mass is 9.96. The van der Waals surface area contributed by atoms with Gasteiger partial charge in [0.15, 0.2) is 0 Å². The Morgan fingerprint density at radius 2 is 2.16 bits per heavy atom. The highest BCUT2D eigenvalue weighted by Gasteiger charge is 2.23. The number of aromatic nitrogens is 3. The molecule has 0 aliphatic carbocycles. The van der Waals surface area contributed by atoms with Gasteiger partial charge in [-0.1, -0.05) is 18.2 Å². The van der Waals surface area contributed by atoms with Gasteiger partial charge in [0.2, 0.25) is 0 Å². The summed E-state index contributed by atoms with van der Waals surface area (Å²) in [7, 11) is 1.91. The molecule has 0 saturated heterocycles. The first-order valence-corrected chi connectivity index (χ1v) is 6.16. The van der Waals surface area contributed by atoms with Crippen LogP contribution in [0, 0.1) is 18.3 Å². The van der Waals surface area contributed by atoms with Gasteiger partial charge in [0.05, 0.1) is 6.07 Å². The molecule has 3 rings (SSSR count). The van der Waals surface area contributed by atoms with Crippen LogP contribution in [0.15, 0.2) is 36.7 Å². The Morgan fingerprint density at radius 1 is 1.37 bits per heavy atom. The van der Waals surface area contributed by atoms with Gasteiger partial charge in [-0.3, -0.25) is 0 Å². The van der Waals surface area contributed by atoms with Crippen LogP contribution in [0.2, 0.25) is 0 Å². The number of benzene rings is 1. The van der Waals surface area contributed by atoms with Gasteiger partial charge in [0.25, 0.3) is 0 Å². The van der Waals surface area contributed by atoms with Crippen LogP contribution in [0.1, 0.15) is 23.0 Å². The molecule has 19 heavy (non-hydrogen) atoms. The second-order valence-electron chi connectivity index (χ2n) is 4.67. The zero-order valence-corrected chi connectivity index (χ0v) is 10.9. The standard InChI is InChI=1S/C15H14N4/c1-10-14(11-5-3-4-6-13(11)18-10)12(9-16)15-17-7-8-19(15)2/h3-8,12,18H,1-2H3. The minimum Gasteiger partial charge on any atom is -0.358 e. The molecule has 0 saturated carbocycles. The predicted molar refractivity (Wildman–Crippen MR) is 73.7 cm³/mol. The van der Waals surface area contributed by atoms with Crippen LogP contribution in [-0.4, -0.2) is 14.5 Å². The quantitative estimate of drug-likeness (QED) is 0.760. The zero-order chi connectivity index (χ0) is 13.4. The second-order valence-corrected chi connectivity index (χ2v) is 4.67. The zero-order valence-electron chi connectivity index (χ0n) is 10.9. The highest BCUT2D eigenvalue weighted by atomic mass is 15.0. The van der Waals surface area contributed by atoms with E-state index < -0.39 is 0 Å². The second kappa shape index (κ2) is 4.29. The fraction of sp³-hybridized carbons (Fsp3) is 0.200. The van der Waals surface area contributed by atoms with Crippen molar-refractivity contribution < 1.29 is 0 Å². The number of fused-ring (bicyclic) bond motifs is 1. The minimum atomic E-state index is -0.351. The van der Waals surface area contributed by atoms with Crippen molar-refractivity contribution in [2.24, 2.45) is 7.05 Å². The highest BCUT2D eigenvalue weighted by Crippen LogP contribution is 2.32. The van der Waals surface area contributed by atoms with Gasteiger partial charge in [-0.15, -0.1) is 0 Å². The Bertz CT molecular complexity index is 773. The molecule has 0 radical (unpaired) electrons. The Hall–Kier alpha value is -2.54. The van der Waals surface area contributed by atoms with Crippen LogP contribution >= 0.6 is 0 Å². The monoisotopic (exact) mass is 250 g/mol. The Morgan fingerprint density at radius 3 is 2.84 bits per heavy atom. The molecule has 94 valence electrons. The van der Waals surface area contributed by atoms with Crippen LogP contribution in [0.3, 0.4) is 0 Å². The summed E-state index contributed by atoms with van der Waals surface area (Å²) in [6.07, 6.45) is 3.59. The number of hydrogen-bond donors (Lipinski definition) is 1. The van der Waals surface area contributed by atoms with Crippen molar-refractivity contribution >= 4 is 10.9 Å². The minimum absolute atomic E-state index is 0.351. The van der Waals surface area contributed by atoms with Gasteiger partial charge >= 0.3 is 0 Å². The largest absolute Gasteiger partial charge is 0.358 e. The summed E-state index contributed by atoms with van der Waals surface area (Å²) in [4.78, 5) is 7.65. The summed E-state index contributed by atoms with van der Waals surface area (Å²) in [5.41, 5.74) is 3.10. The van der Waals surface area contributed by atoms with Crippen LogP contribution in [0.5, 0.6) is 0 Å². The lowest BCUT2D eigenvalue weighted by molar-refractivity contribution is 0.783. The first-order valence-electron chi connectivity index (χ1n) is 6.16. The number of nitriles is 1. The summed E-state index contributed by atoms with van der Waals surface area (Å²) < 4.78 is 1.90. The van der Waals surface area contributed by atoms with Gasteiger partial charge in [-0.25, -0.2) is 4.98 Å². The number of nitrogens with zero attached hydrogens (tertiary/aromatic N) is 3.